The van der Waals surface area contributed by atoms with E-state index >= 15 is 0 Å². The Labute approximate surface area is 135 Å². The largest absolute Gasteiger partial charge is 0.490 e. The molecule has 3 nitrogen and oxygen atoms in total. The van der Waals surface area contributed by atoms with Crippen molar-refractivity contribution in [3.63, 3.8) is 0 Å². The van der Waals surface area contributed by atoms with Gasteiger partial charge in [-0.3, -0.25) is 0 Å². The molecule has 0 saturated heterocycles. The van der Waals surface area contributed by atoms with Gasteiger partial charge in [0.05, 0.1) is 29.8 Å². The van der Waals surface area contributed by atoms with Gasteiger partial charge in [0.25, 0.3) is 0 Å². The van der Waals surface area contributed by atoms with E-state index in [1.54, 1.807) is 18.2 Å². The van der Waals surface area contributed by atoms with Crippen LogP contribution in [-0.2, 0) is 6.18 Å². The number of nitriles is 1. The predicted molar refractivity (Wildman–Crippen MR) is 79.0 cm³/mol. The topological polar surface area (TPSA) is 45.0 Å². The van der Waals surface area contributed by atoms with Gasteiger partial charge in [-0.05, 0) is 24.3 Å². The fourth-order valence-corrected chi connectivity index (χ4v) is 2.71. The van der Waals surface area contributed by atoms with E-state index in [0.29, 0.717) is 17.7 Å². The number of nitrogens with zero attached hydrogens (tertiary/aromatic N) is 1. The van der Waals surface area contributed by atoms with Gasteiger partial charge < -0.3 is 10.1 Å². The molecule has 0 unspecified atom stereocenters. The molecule has 7 heteroatoms. The van der Waals surface area contributed by atoms with Crippen LogP contribution in [0.3, 0.4) is 0 Å². The van der Waals surface area contributed by atoms with Crippen molar-refractivity contribution in [2.45, 2.75) is 18.6 Å². The molecular formula is C17H12F4N2O. The maximum absolute atomic E-state index is 13.8. The molecule has 1 aliphatic rings. The van der Waals surface area contributed by atoms with Crippen LogP contribution in [0.5, 0.6) is 5.75 Å². The normalized spacial score (nSPS) is 16.7. The summed E-state index contributed by atoms with van der Waals surface area (Å²) < 4.78 is 57.6. The number of hydrogen-bond donors (Lipinski definition) is 1. The minimum absolute atomic E-state index is 0.147. The highest BCUT2D eigenvalue weighted by atomic mass is 19.4. The number of alkyl halides is 3. The Balaban J connectivity index is 1.91. The van der Waals surface area contributed by atoms with Crippen molar-refractivity contribution < 1.29 is 22.3 Å². The highest BCUT2D eigenvalue weighted by Crippen LogP contribution is 2.37. The van der Waals surface area contributed by atoms with Crippen molar-refractivity contribution in [2.75, 3.05) is 11.9 Å². The molecule has 0 aliphatic carbocycles. The number of anilines is 1. The molecule has 1 atom stereocenters. The van der Waals surface area contributed by atoms with E-state index in [1.165, 1.54) is 12.1 Å². The smallest absolute Gasteiger partial charge is 0.417 e. The average molecular weight is 336 g/mol. The summed E-state index contributed by atoms with van der Waals surface area (Å²) in [5.74, 6) is -0.335. The minimum Gasteiger partial charge on any atom is -0.490 e. The summed E-state index contributed by atoms with van der Waals surface area (Å²) in [6, 6.07) is 9.06. The first-order valence-corrected chi connectivity index (χ1v) is 7.19. The minimum atomic E-state index is -4.59. The lowest BCUT2D eigenvalue weighted by Gasteiger charge is -2.28. The summed E-state index contributed by atoms with van der Waals surface area (Å²) in [4.78, 5) is 0. The van der Waals surface area contributed by atoms with Crippen molar-refractivity contribution in [1.82, 2.24) is 0 Å². The molecule has 24 heavy (non-hydrogen) atoms. The molecule has 3 rings (SSSR count). The van der Waals surface area contributed by atoms with E-state index in [2.05, 4.69) is 5.32 Å². The van der Waals surface area contributed by atoms with E-state index in [1.807, 2.05) is 0 Å². The summed E-state index contributed by atoms with van der Waals surface area (Å²) in [5.41, 5.74) is -0.477. The van der Waals surface area contributed by atoms with Gasteiger partial charge in [-0.1, -0.05) is 12.1 Å². The van der Waals surface area contributed by atoms with Gasteiger partial charge in [-0.25, -0.2) is 4.39 Å². The molecular weight excluding hydrogens is 324 g/mol. The number of nitrogens with one attached hydrogen (secondary N) is 1. The second-order valence-corrected chi connectivity index (χ2v) is 5.36. The van der Waals surface area contributed by atoms with E-state index < -0.39 is 23.1 Å². The number of benzene rings is 2. The molecule has 0 saturated carbocycles. The van der Waals surface area contributed by atoms with E-state index in [9.17, 15) is 17.6 Å². The van der Waals surface area contributed by atoms with E-state index in [0.717, 1.165) is 12.1 Å². The number of ether oxygens (including phenoxy) is 1. The molecule has 0 bridgehead atoms. The lowest BCUT2D eigenvalue weighted by atomic mass is 9.99. The number of rotatable bonds is 2. The van der Waals surface area contributed by atoms with Crippen LogP contribution in [0.25, 0.3) is 0 Å². The van der Waals surface area contributed by atoms with Gasteiger partial charge in [-0.15, -0.1) is 0 Å². The molecule has 1 heterocycles. The van der Waals surface area contributed by atoms with E-state index in [4.69, 9.17) is 10.00 Å². The third kappa shape index (κ3) is 3.00. The standard InChI is InChI=1S/C17H12F4N2O/c18-14-3-1-2-12-15(6-7-24-16(12)14)23-11-4-5-13(17(19,20)21)10(8-11)9-22/h1-5,8,15,23H,6-7H2/t15-/m0/s1. The van der Waals surface area contributed by atoms with Crippen LogP contribution in [0.2, 0.25) is 0 Å². The number of halogens is 4. The predicted octanol–water partition coefficient (Wildman–Crippen LogP) is 4.65. The van der Waals surface area contributed by atoms with Crippen LogP contribution in [0.4, 0.5) is 23.2 Å². The van der Waals surface area contributed by atoms with Crippen LogP contribution in [-0.4, -0.2) is 6.61 Å². The van der Waals surface area contributed by atoms with Gasteiger partial charge in [-0.2, -0.15) is 18.4 Å². The first kappa shape index (κ1) is 16.1. The fourth-order valence-electron chi connectivity index (χ4n) is 2.71. The highest BCUT2D eigenvalue weighted by Gasteiger charge is 2.33. The monoisotopic (exact) mass is 336 g/mol. The van der Waals surface area contributed by atoms with Crippen molar-refractivity contribution in [3.05, 3.63) is 58.9 Å². The van der Waals surface area contributed by atoms with Crippen LogP contribution < -0.4 is 10.1 Å². The summed E-state index contributed by atoms with van der Waals surface area (Å²) in [7, 11) is 0. The third-order valence-corrected chi connectivity index (χ3v) is 3.81. The Morgan fingerprint density at radius 2 is 2.00 bits per heavy atom. The molecule has 0 aromatic heterocycles. The molecule has 0 fully saturated rings. The zero-order valence-corrected chi connectivity index (χ0v) is 12.3. The first-order chi connectivity index (χ1) is 11.4. The number of hydrogen-bond acceptors (Lipinski definition) is 3. The molecule has 2 aromatic rings. The lowest BCUT2D eigenvalue weighted by Crippen LogP contribution is -2.21. The Morgan fingerprint density at radius 1 is 1.21 bits per heavy atom. The SMILES string of the molecule is N#Cc1cc(N[C@H]2CCOc3c(F)cccc32)ccc1C(F)(F)F. The molecule has 0 spiro atoms. The molecule has 124 valence electrons. The maximum atomic E-state index is 13.8. The fraction of sp³-hybridized carbons (Fsp3) is 0.235. The van der Waals surface area contributed by atoms with Crippen LogP contribution >= 0.6 is 0 Å². The lowest BCUT2D eigenvalue weighted by molar-refractivity contribution is -0.137. The molecule has 1 N–H and O–H groups in total. The van der Waals surface area contributed by atoms with Crippen LogP contribution in [0.15, 0.2) is 36.4 Å². The van der Waals surface area contributed by atoms with Gasteiger partial charge in [0.1, 0.15) is 0 Å². The summed E-state index contributed by atoms with van der Waals surface area (Å²) >= 11 is 0. The van der Waals surface area contributed by atoms with Gasteiger partial charge >= 0.3 is 6.18 Å². The summed E-state index contributed by atoms with van der Waals surface area (Å²) in [6.45, 7) is 0.289. The van der Waals surface area contributed by atoms with Crippen molar-refractivity contribution in [1.29, 1.82) is 5.26 Å². The highest BCUT2D eigenvalue weighted by molar-refractivity contribution is 5.55. The van der Waals surface area contributed by atoms with Crippen LogP contribution in [0.1, 0.15) is 29.2 Å². The van der Waals surface area contributed by atoms with Crippen molar-refractivity contribution in [2.24, 2.45) is 0 Å². The van der Waals surface area contributed by atoms with Crippen molar-refractivity contribution >= 4 is 5.69 Å². The zero-order chi connectivity index (χ0) is 17.3. The Morgan fingerprint density at radius 3 is 2.71 bits per heavy atom. The second kappa shape index (κ2) is 6.04. The molecule has 2 aromatic carbocycles. The van der Waals surface area contributed by atoms with Crippen LogP contribution in [0, 0.1) is 17.1 Å². The Bertz CT molecular complexity index is 811. The third-order valence-electron chi connectivity index (χ3n) is 3.81. The quantitative estimate of drug-likeness (QED) is 0.812. The van der Waals surface area contributed by atoms with E-state index in [-0.39, 0.29) is 18.4 Å². The zero-order valence-electron chi connectivity index (χ0n) is 12.3. The molecule has 0 amide bonds. The first-order valence-electron chi connectivity index (χ1n) is 7.19. The molecule has 1 aliphatic heterocycles. The number of para-hydroxylation sites is 1. The van der Waals surface area contributed by atoms with Gasteiger partial charge in [0.15, 0.2) is 11.6 Å². The summed E-state index contributed by atoms with van der Waals surface area (Å²) in [6.07, 6.45) is -4.06. The average Bonchev–Trinajstić information content (AvgIpc) is 2.55. The number of fused-ring (bicyclic) bond motifs is 1. The van der Waals surface area contributed by atoms with Crippen molar-refractivity contribution in [3.8, 4) is 11.8 Å². The van der Waals surface area contributed by atoms with Gasteiger partial charge in [0, 0.05) is 17.7 Å². The maximum Gasteiger partial charge on any atom is 0.417 e. The Hall–Kier alpha value is -2.75. The Kier molecular flexibility index (Phi) is 4.06. The van der Waals surface area contributed by atoms with Gasteiger partial charge in [0.2, 0.25) is 0 Å². The second-order valence-electron chi connectivity index (χ2n) is 5.36. The summed E-state index contributed by atoms with van der Waals surface area (Å²) in [5, 5.41) is 12.0. The molecule has 0 radical (unpaired) electrons.